The number of likely N-dealkylation sites (tertiary alicyclic amines) is 2. The zero-order valence-corrected chi connectivity index (χ0v) is 34.6. The summed E-state index contributed by atoms with van der Waals surface area (Å²) in [5.74, 6) is -1.82. The van der Waals surface area contributed by atoms with Gasteiger partial charge in [0.05, 0.1) is 30.8 Å². The SMILES string of the molecule is C=CC1CC1(NC(=O)C1C[C@@H](Oc2cc(-c3ccccc3)nc3cc(OC)ccc23)CN1C(=O)[C@@H](CC(=O)N1CCCCC1)Cc1ccccc1)C(=O)N(C1CC1)S(=O)O. The van der Waals surface area contributed by atoms with Crippen molar-refractivity contribution in [2.75, 3.05) is 26.7 Å². The number of nitrogens with zero attached hydrogens (tertiary/aromatic N) is 4. The van der Waals surface area contributed by atoms with Crippen LogP contribution < -0.4 is 14.8 Å². The molecule has 2 saturated carbocycles. The summed E-state index contributed by atoms with van der Waals surface area (Å²) in [5.41, 5.74) is 1.57. The Morgan fingerprint density at radius 3 is 2.38 bits per heavy atom. The van der Waals surface area contributed by atoms with Gasteiger partial charge in [0, 0.05) is 61.0 Å². The molecular weight excluding hydrogens is 783 g/mol. The molecule has 2 aliphatic carbocycles. The van der Waals surface area contributed by atoms with E-state index in [-0.39, 0.29) is 44.0 Å². The standard InChI is InChI=1S/C46H51N5O8S/c1-3-33-28-46(33,45(55)51(60(56)57)34-17-18-34)48-43(53)40-26-36(59-41-27-38(31-15-9-5-10-16-31)47-39-25-35(58-2)19-20-37(39)41)29-50(40)44(54)32(23-30-13-7-4-8-14-30)24-42(52)49-21-11-6-12-22-49/h3-5,7-10,13-16,19-20,25,27,32-34,36,40H,1,6,11-12,17-18,21-24,26,28-29H2,2H3,(H,48,53)(H,56,57)/t32-,33?,36-,40?,46?/m1/s1. The number of hydrogen-bond acceptors (Lipinski definition) is 8. The number of ether oxygens (including phenoxy) is 2. The predicted octanol–water partition coefficient (Wildman–Crippen LogP) is 5.71. The highest BCUT2D eigenvalue weighted by Gasteiger charge is 2.64. The Bertz CT molecular complexity index is 2280. The second-order valence-electron chi connectivity index (χ2n) is 16.4. The lowest BCUT2D eigenvalue weighted by atomic mass is 9.93. The zero-order valence-electron chi connectivity index (χ0n) is 33.7. The molecule has 0 radical (unpaired) electrons. The number of carbonyl (C=O) groups excluding carboxylic acids is 4. The number of carbonyl (C=O) groups is 4. The van der Waals surface area contributed by atoms with Crippen molar-refractivity contribution in [2.45, 2.75) is 81.5 Å². The van der Waals surface area contributed by atoms with E-state index in [9.17, 15) is 23.1 Å². The van der Waals surface area contributed by atoms with E-state index < -0.39 is 58.6 Å². The lowest BCUT2D eigenvalue weighted by molar-refractivity contribution is -0.145. The van der Waals surface area contributed by atoms with Crippen molar-refractivity contribution in [3.05, 3.63) is 103 Å². The van der Waals surface area contributed by atoms with Crippen molar-refractivity contribution in [1.82, 2.24) is 24.4 Å². The van der Waals surface area contributed by atoms with Crippen LogP contribution in [0.1, 0.15) is 56.9 Å². The molecule has 13 nitrogen and oxygen atoms in total. The Morgan fingerprint density at radius 1 is 1.02 bits per heavy atom. The number of piperidine rings is 1. The number of hydrogen-bond donors (Lipinski definition) is 2. The third kappa shape index (κ3) is 8.66. The topological polar surface area (TPSA) is 159 Å². The minimum atomic E-state index is -2.58. The van der Waals surface area contributed by atoms with Crippen LogP contribution in [0.4, 0.5) is 0 Å². The molecule has 4 fully saturated rings. The molecule has 8 rings (SSSR count). The second-order valence-corrected chi connectivity index (χ2v) is 17.2. The van der Waals surface area contributed by atoms with E-state index in [2.05, 4.69) is 11.9 Å². The fourth-order valence-electron chi connectivity index (χ4n) is 8.76. The maximum Gasteiger partial charge on any atom is 0.264 e. The van der Waals surface area contributed by atoms with Gasteiger partial charge in [0.1, 0.15) is 29.2 Å². The van der Waals surface area contributed by atoms with Crippen LogP contribution in [0.25, 0.3) is 22.2 Å². The van der Waals surface area contributed by atoms with Crippen LogP contribution in [0.5, 0.6) is 11.5 Å². The van der Waals surface area contributed by atoms with Crippen molar-refractivity contribution in [1.29, 1.82) is 0 Å². The van der Waals surface area contributed by atoms with Gasteiger partial charge in [0.2, 0.25) is 17.7 Å². The second kappa shape index (κ2) is 17.6. The van der Waals surface area contributed by atoms with E-state index in [1.54, 1.807) is 13.2 Å². The van der Waals surface area contributed by atoms with E-state index in [0.717, 1.165) is 34.7 Å². The van der Waals surface area contributed by atoms with Crippen LogP contribution in [0.3, 0.4) is 0 Å². The first-order valence-corrected chi connectivity index (χ1v) is 21.9. The number of pyridine rings is 1. The van der Waals surface area contributed by atoms with E-state index in [4.69, 9.17) is 14.5 Å². The fraction of sp³-hybridized carbons (Fsp3) is 0.413. The van der Waals surface area contributed by atoms with Crippen LogP contribution in [-0.2, 0) is 36.9 Å². The van der Waals surface area contributed by atoms with Gasteiger partial charge >= 0.3 is 0 Å². The van der Waals surface area contributed by atoms with Gasteiger partial charge in [-0.3, -0.25) is 23.7 Å². The van der Waals surface area contributed by atoms with Gasteiger partial charge in [-0.1, -0.05) is 66.7 Å². The molecule has 2 N–H and O–H groups in total. The molecule has 4 aliphatic rings. The van der Waals surface area contributed by atoms with E-state index in [1.165, 1.54) is 4.90 Å². The molecule has 6 atom stereocenters. The zero-order chi connectivity index (χ0) is 42.0. The summed E-state index contributed by atoms with van der Waals surface area (Å²) < 4.78 is 35.9. The smallest absolute Gasteiger partial charge is 0.264 e. The molecule has 2 aliphatic heterocycles. The monoisotopic (exact) mass is 833 g/mol. The molecule has 4 amide bonds. The van der Waals surface area contributed by atoms with Gasteiger partial charge in [-0.2, -0.15) is 0 Å². The summed E-state index contributed by atoms with van der Waals surface area (Å²) in [6.07, 6.45) is 5.49. The molecule has 14 heteroatoms. The van der Waals surface area contributed by atoms with Gasteiger partial charge in [-0.25, -0.2) is 13.5 Å². The minimum absolute atomic E-state index is 0.0268. The highest BCUT2D eigenvalue weighted by atomic mass is 32.2. The lowest BCUT2D eigenvalue weighted by Gasteiger charge is -2.32. The third-order valence-electron chi connectivity index (χ3n) is 12.3. The molecule has 3 aromatic carbocycles. The molecule has 3 heterocycles. The molecule has 1 aromatic heterocycles. The summed E-state index contributed by atoms with van der Waals surface area (Å²) in [5, 5.41) is 3.67. The molecule has 60 heavy (non-hydrogen) atoms. The molecule has 0 bridgehead atoms. The van der Waals surface area contributed by atoms with Gasteiger partial charge in [0.25, 0.3) is 17.2 Å². The summed E-state index contributed by atoms with van der Waals surface area (Å²) in [6.45, 7) is 5.19. The predicted molar refractivity (Wildman–Crippen MR) is 227 cm³/mol. The number of fused-ring (bicyclic) bond motifs is 1. The Kier molecular flexibility index (Phi) is 12.0. The normalized spacial score (nSPS) is 23.3. The van der Waals surface area contributed by atoms with Crippen molar-refractivity contribution in [3.63, 3.8) is 0 Å². The van der Waals surface area contributed by atoms with Crippen molar-refractivity contribution in [3.8, 4) is 22.8 Å². The number of rotatable bonds is 15. The summed E-state index contributed by atoms with van der Waals surface area (Å²) in [7, 11) is 1.59. The number of nitrogens with one attached hydrogen (secondary N) is 1. The molecule has 4 aromatic rings. The Balaban J connectivity index is 1.14. The number of amides is 4. The van der Waals surface area contributed by atoms with E-state index in [1.807, 2.05) is 89.8 Å². The summed E-state index contributed by atoms with van der Waals surface area (Å²) in [4.78, 5) is 65.9. The molecule has 4 unspecified atom stereocenters. The van der Waals surface area contributed by atoms with Gasteiger partial charge < -0.3 is 24.6 Å². The Hall–Kier alpha value is -5.60. The minimum Gasteiger partial charge on any atom is -0.497 e. The van der Waals surface area contributed by atoms with E-state index >= 15 is 4.79 Å². The highest BCUT2D eigenvalue weighted by Crippen LogP contribution is 2.48. The lowest BCUT2D eigenvalue weighted by Crippen LogP contribution is -2.57. The first kappa shape index (κ1) is 41.1. The number of benzene rings is 3. The highest BCUT2D eigenvalue weighted by molar-refractivity contribution is 7.77. The van der Waals surface area contributed by atoms with Gasteiger partial charge in [-0.15, -0.1) is 6.58 Å². The molecular formula is C46H51N5O8S. The maximum absolute atomic E-state index is 15.1. The summed E-state index contributed by atoms with van der Waals surface area (Å²) >= 11 is -2.58. The first-order chi connectivity index (χ1) is 29.1. The number of methoxy groups -OCH3 is 1. The Labute approximate surface area is 352 Å². The fourth-order valence-corrected chi connectivity index (χ4v) is 9.53. The largest absolute Gasteiger partial charge is 0.497 e. The third-order valence-corrected chi connectivity index (χ3v) is 13.1. The van der Waals surface area contributed by atoms with Crippen molar-refractivity contribution >= 4 is 45.8 Å². The molecule has 2 saturated heterocycles. The molecule has 314 valence electrons. The number of aromatic nitrogens is 1. The van der Waals surface area contributed by atoms with Crippen LogP contribution in [0.15, 0.2) is 97.6 Å². The molecule has 0 spiro atoms. The van der Waals surface area contributed by atoms with Crippen LogP contribution in [0.2, 0.25) is 0 Å². The van der Waals surface area contributed by atoms with E-state index in [0.29, 0.717) is 54.0 Å². The summed E-state index contributed by atoms with van der Waals surface area (Å²) in [6, 6.07) is 25.1. The van der Waals surface area contributed by atoms with Crippen molar-refractivity contribution < 1.29 is 37.4 Å². The van der Waals surface area contributed by atoms with Gasteiger partial charge in [-0.05, 0) is 62.6 Å². The first-order valence-electron chi connectivity index (χ1n) is 20.8. The van der Waals surface area contributed by atoms with Crippen LogP contribution in [-0.4, -0.2) is 102 Å². The Morgan fingerprint density at radius 2 is 1.73 bits per heavy atom. The quantitative estimate of drug-likeness (QED) is 0.113. The van der Waals surface area contributed by atoms with Crippen LogP contribution >= 0.6 is 0 Å². The maximum atomic E-state index is 15.1. The van der Waals surface area contributed by atoms with Crippen molar-refractivity contribution in [2.24, 2.45) is 11.8 Å². The van der Waals surface area contributed by atoms with Gasteiger partial charge in [0.15, 0.2) is 0 Å². The van der Waals surface area contributed by atoms with Crippen LogP contribution in [0, 0.1) is 11.8 Å². The average molecular weight is 834 g/mol. The average Bonchev–Trinajstić information content (AvgIpc) is 4.20.